The third-order valence-electron chi connectivity index (χ3n) is 11.5. The molecule has 2 unspecified atom stereocenters. The highest BCUT2D eigenvalue weighted by Crippen LogP contribution is 2.38. The maximum Gasteiger partial charge on any atom is 0.306 e. The van der Waals surface area contributed by atoms with E-state index in [1.54, 1.807) is 0 Å². The van der Waals surface area contributed by atoms with Crippen LogP contribution in [-0.4, -0.2) is 70.0 Å². The summed E-state index contributed by atoms with van der Waals surface area (Å²) in [5.74, 6) is -0.903. The molecule has 0 aromatic carbocycles. The Balaban J connectivity index is 4.18. The summed E-state index contributed by atoms with van der Waals surface area (Å²) >= 11 is 0. The lowest BCUT2D eigenvalue weighted by Crippen LogP contribution is -2.37. The van der Waals surface area contributed by atoms with Gasteiger partial charge in [0, 0.05) is 12.8 Å². The first-order valence-electron chi connectivity index (χ1n) is 29.2. The van der Waals surface area contributed by atoms with Gasteiger partial charge in [-0.2, -0.15) is 0 Å². The van der Waals surface area contributed by atoms with Crippen LogP contribution in [0.2, 0.25) is 0 Å². The first kappa shape index (κ1) is 71.6. The zero-order chi connectivity index (χ0) is 55.6. The van der Waals surface area contributed by atoms with Gasteiger partial charge in [-0.1, -0.05) is 217 Å². The predicted molar refractivity (Wildman–Crippen MR) is 323 cm³/mol. The molecule has 0 spiro atoms. The normalized spacial score (nSPS) is 14.4. The topological polar surface area (TPSA) is 111 Å². The van der Waals surface area contributed by atoms with Gasteiger partial charge < -0.3 is 27.9 Å². The molecular weight excluding hydrogens is 966 g/mol. The average Bonchev–Trinajstić information content (AvgIpc) is 3.38. The number of rotatable bonds is 51. The van der Waals surface area contributed by atoms with E-state index in [2.05, 4.69) is 172 Å². The van der Waals surface area contributed by atoms with Gasteiger partial charge in [-0.15, -0.1) is 0 Å². The highest BCUT2D eigenvalue weighted by atomic mass is 31.2. The molecule has 0 aromatic heterocycles. The summed E-state index contributed by atoms with van der Waals surface area (Å²) in [6.07, 6.45) is 83.0. The summed E-state index contributed by atoms with van der Waals surface area (Å²) in [5.41, 5.74) is 0. The number of allylic oxidation sites excluding steroid dienone is 26. The van der Waals surface area contributed by atoms with E-state index in [0.29, 0.717) is 23.9 Å². The Morgan fingerprint density at radius 3 is 1.08 bits per heavy atom. The molecule has 0 saturated carbocycles. The van der Waals surface area contributed by atoms with Gasteiger partial charge in [-0.3, -0.25) is 14.2 Å². The maximum atomic E-state index is 12.8. The van der Waals surface area contributed by atoms with Gasteiger partial charge in [0.1, 0.15) is 19.8 Å². The van der Waals surface area contributed by atoms with Crippen molar-refractivity contribution < 1.29 is 42.1 Å². The van der Waals surface area contributed by atoms with Crippen molar-refractivity contribution in [3.8, 4) is 0 Å². The van der Waals surface area contributed by atoms with Crippen LogP contribution in [0.4, 0.5) is 0 Å². The highest BCUT2D eigenvalue weighted by Gasteiger charge is 2.21. The number of carbonyl (C=O) groups excluding carboxylic acids is 2. The molecule has 76 heavy (non-hydrogen) atoms. The van der Waals surface area contributed by atoms with Crippen LogP contribution in [0.1, 0.15) is 194 Å². The number of likely N-dealkylation sites (N-methyl/N-ethyl adjacent to an activating group) is 1. The Labute approximate surface area is 465 Å². The molecule has 428 valence electrons. The molecule has 0 bridgehead atoms. The van der Waals surface area contributed by atoms with E-state index in [4.69, 9.17) is 18.5 Å². The molecule has 10 heteroatoms. The molecule has 0 aliphatic carbocycles. The van der Waals surface area contributed by atoms with Gasteiger partial charge in [-0.25, -0.2) is 0 Å². The lowest BCUT2D eigenvalue weighted by atomic mass is 10.1. The average molecular weight is 1070 g/mol. The summed E-state index contributed by atoms with van der Waals surface area (Å²) in [6, 6.07) is 0. The largest absolute Gasteiger partial charge is 0.756 e. The standard InChI is InChI=1S/C66H106NO8P/c1-6-8-10-12-14-16-18-20-22-23-24-25-26-27-28-29-30-31-32-33-34-35-36-37-38-39-40-41-42-43-45-47-49-51-53-55-57-59-66(69)75-64(63-74-76(70,71)73-61-60-67(3,4)5)62-72-65(68)58-56-54-52-50-48-46-44-21-19-17-15-13-11-9-7-2/h8-11,14-17,20-22,24-25,27-28,30-31,33-34,36-37,39-40,44,48,50,64H,6-7,12-13,18-19,23,26,29,32,35,38,41-43,45-47,49,51-63H2,1-5H3/b10-8-,11-9-,16-14-,17-15-,22-20-,25-24-,28-27-,31-30-,34-33-,37-36-,40-39-,44-21-,50-48-. The molecule has 0 aromatic rings. The first-order chi connectivity index (χ1) is 37.0. The summed E-state index contributed by atoms with van der Waals surface area (Å²) in [6.45, 7) is 3.92. The molecule has 0 aliphatic rings. The van der Waals surface area contributed by atoms with Crippen molar-refractivity contribution in [1.29, 1.82) is 0 Å². The van der Waals surface area contributed by atoms with Crippen LogP contribution in [0.3, 0.4) is 0 Å². The Hall–Kier alpha value is -4.37. The summed E-state index contributed by atoms with van der Waals surface area (Å²) < 4.78 is 34.0. The number of hydrogen-bond acceptors (Lipinski definition) is 8. The minimum Gasteiger partial charge on any atom is -0.756 e. The third-order valence-corrected chi connectivity index (χ3v) is 12.5. The van der Waals surface area contributed by atoms with Crippen LogP contribution in [0.5, 0.6) is 0 Å². The van der Waals surface area contributed by atoms with Crippen molar-refractivity contribution in [2.45, 2.75) is 200 Å². The molecular formula is C66H106NO8P. The molecule has 9 nitrogen and oxygen atoms in total. The molecule has 0 rings (SSSR count). The number of unbranched alkanes of at least 4 members (excludes halogenated alkanes) is 11. The number of quaternary nitrogens is 1. The van der Waals surface area contributed by atoms with E-state index in [1.165, 1.54) is 32.1 Å². The SMILES string of the molecule is CC/C=C\C/C=C\C/C=C\C/C=C\C/C=C\C/C=C\C/C=C\C/C=C\C/C=C\CCCCCCCCCCCC(=O)OC(COC(=O)CCCC/C=C\C/C=C\C/C=C\C/C=C\CC)COP(=O)([O-])OCC[N+](C)(C)C. The molecule has 2 atom stereocenters. The minimum atomic E-state index is -4.66. The van der Waals surface area contributed by atoms with Crippen LogP contribution < -0.4 is 4.89 Å². The van der Waals surface area contributed by atoms with Gasteiger partial charge in [0.2, 0.25) is 0 Å². The first-order valence-corrected chi connectivity index (χ1v) is 30.7. The lowest BCUT2D eigenvalue weighted by molar-refractivity contribution is -0.870. The number of phosphoric acid groups is 1. The lowest BCUT2D eigenvalue weighted by Gasteiger charge is -2.28. The summed E-state index contributed by atoms with van der Waals surface area (Å²) in [5, 5.41) is 0. The quantitative estimate of drug-likeness (QED) is 0.0195. The molecule has 0 aliphatic heterocycles. The van der Waals surface area contributed by atoms with Crippen LogP contribution in [-0.2, 0) is 32.7 Å². The number of carbonyl (C=O) groups is 2. The van der Waals surface area contributed by atoms with Crippen molar-refractivity contribution >= 4 is 19.8 Å². The highest BCUT2D eigenvalue weighted by molar-refractivity contribution is 7.45. The van der Waals surface area contributed by atoms with Gasteiger partial charge in [0.15, 0.2) is 6.10 Å². The number of nitrogens with zero attached hydrogens (tertiary/aromatic N) is 1. The second-order valence-corrected chi connectivity index (χ2v) is 21.3. The van der Waals surface area contributed by atoms with Crippen molar-refractivity contribution in [2.24, 2.45) is 0 Å². The molecule has 0 radical (unpaired) electrons. The third kappa shape index (κ3) is 58.9. The fourth-order valence-electron chi connectivity index (χ4n) is 7.11. The molecule has 0 fully saturated rings. The van der Waals surface area contributed by atoms with E-state index < -0.39 is 32.5 Å². The fourth-order valence-corrected chi connectivity index (χ4v) is 7.84. The Morgan fingerprint density at radius 2 is 0.711 bits per heavy atom. The smallest absolute Gasteiger partial charge is 0.306 e. The zero-order valence-corrected chi connectivity index (χ0v) is 49.3. The Kier molecular flexibility index (Phi) is 52.2. The molecule has 0 saturated heterocycles. The van der Waals surface area contributed by atoms with Crippen LogP contribution in [0, 0.1) is 0 Å². The van der Waals surface area contributed by atoms with E-state index in [1.807, 2.05) is 21.1 Å². The van der Waals surface area contributed by atoms with Gasteiger partial charge in [-0.05, 0) is 122 Å². The van der Waals surface area contributed by atoms with Crippen molar-refractivity contribution in [1.82, 2.24) is 0 Å². The van der Waals surface area contributed by atoms with E-state index in [0.717, 1.165) is 122 Å². The van der Waals surface area contributed by atoms with Gasteiger partial charge >= 0.3 is 11.9 Å². The predicted octanol–water partition coefficient (Wildman–Crippen LogP) is 17.8. The van der Waals surface area contributed by atoms with E-state index in [-0.39, 0.29) is 26.1 Å². The van der Waals surface area contributed by atoms with Crippen LogP contribution in [0.25, 0.3) is 0 Å². The summed E-state index contributed by atoms with van der Waals surface area (Å²) in [4.78, 5) is 37.8. The fraction of sp³-hybridized carbons (Fsp3) is 0.576. The van der Waals surface area contributed by atoms with Gasteiger partial charge in [0.25, 0.3) is 7.82 Å². The number of hydrogen-bond donors (Lipinski definition) is 0. The Morgan fingerprint density at radius 1 is 0.408 bits per heavy atom. The second kappa shape index (κ2) is 55.4. The molecule has 0 amide bonds. The minimum absolute atomic E-state index is 0.0476. The number of esters is 2. The number of ether oxygens (including phenoxy) is 2. The van der Waals surface area contributed by atoms with Crippen molar-refractivity contribution in [3.63, 3.8) is 0 Å². The monoisotopic (exact) mass is 1070 g/mol. The second-order valence-electron chi connectivity index (χ2n) is 19.9. The number of phosphoric ester groups is 1. The van der Waals surface area contributed by atoms with Crippen molar-refractivity contribution in [2.75, 3.05) is 47.5 Å². The maximum absolute atomic E-state index is 12.8. The van der Waals surface area contributed by atoms with E-state index in [9.17, 15) is 19.0 Å². The summed E-state index contributed by atoms with van der Waals surface area (Å²) in [7, 11) is 1.11. The van der Waals surface area contributed by atoms with E-state index >= 15 is 0 Å². The van der Waals surface area contributed by atoms with Crippen molar-refractivity contribution in [3.05, 3.63) is 158 Å². The van der Waals surface area contributed by atoms with Crippen LogP contribution in [0.15, 0.2) is 158 Å². The van der Waals surface area contributed by atoms with Crippen LogP contribution >= 0.6 is 7.82 Å². The molecule has 0 heterocycles. The molecule has 0 N–H and O–H groups in total. The van der Waals surface area contributed by atoms with Gasteiger partial charge in [0.05, 0.1) is 27.7 Å². The Bertz CT molecular complexity index is 1840. The zero-order valence-electron chi connectivity index (χ0n) is 48.4.